The van der Waals surface area contributed by atoms with Crippen molar-refractivity contribution >= 4 is 24.8 Å². The molecule has 0 aliphatic heterocycles. The molecule has 2 aromatic carbocycles. The van der Waals surface area contributed by atoms with Gasteiger partial charge in [-0.25, -0.2) is 4.79 Å². The Morgan fingerprint density at radius 3 is 1.81 bits per heavy atom. The molecular weight excluding hydrogens is 358 g/mol. The Hall–Kier alpha value is -2.15. The molecule has 5 nitrogen and oxygen atoms in total. The van der Waals surface area contributed by atoms with Crippen LogP contribution in [0.4, 0.5) is 4.79 Å². The average molecular weight is 388 g/mol. The molecule has 0 radical (unpaired) electrons. The second-order valence-corrected chi connectivity index (χ2v) is 11.6. The van der Waals surface area contributed by atoms with E-state index in [0.29, 0.717) is 6.61 Å². The normalized spacial score (nSPS) is 12.0. The molecule has 0 spiro atoms. The molecule has 2 rings (SSSR count). The minimum Gasteiger partial charge on any atom is -0.463 e. The van der Waals surface area contributed by atoms with Gasteiger partial charge in [0.05, 0.1) is 13.2 Å². The molecule has 0 aliphatic rings. The lowest BCUT2D eigenvalue weighted by atomic mass is 10.2. The van der Waals surface area contributed by atoms with Crippen LogP contribution in [0.2, 0.25) is 5.04 Å². The summed E-state index contributed by atoms with van der Waals surface area (Å²) in [6.07, 6.45) is -1.09. The Labute approximate surface area is 162 Å². The van der Waals surface area contributed by atoms with Gasteiger partial charge in [0.15, 0.2) is 0 Å². The van der Waals surface area contributed by atoms with E-state index in [0.717, 1.165) is 5.06 Å². The first-order valence-electron chi connectivity index (χ1n) is 9.21. The molecule has 27 heavy (non-hydrogen) atoms. The maximum atomic E-state index is 11.1. The summed E-state index contributed by atoms with van der Waals surface area (Å²) < 4.78 is 6.64. The van der Waals surface area contributed by atoms with Crippen LogP contribution in [-0.2, 0) is 9.26 Å². The molecule has 0 aliphatic carbocycles. The standard InChI is InChI=1S/C21H29NO4Si/c1-5-22(20(23)24)25-16-17-26-27(21(2,3)4,18-12-8-6-9-13-18)19-14-10-7-11-15-19/h6-15H,5,16-17H2,1-4H3,(H,23,24). The van der Waals surface area contributed by atoms with Gasteiger partial charge in [-0.3, -0.25) is 4.84 Å². The lowest BCUT2D eigenvalue weighted by molar-refractivity contribution is -0.134. The molecule has 1 N–H and O–H groups in total. The highest BCUT2D eigenvalue weighted by Gasteiger charge is 2.50. The maximum absolute atomic E-state index is 11.1. The minimum absolute atomic E-state index is 0.118. The van der Waals surface area contributed by atoms with E-state index in [1.54, 1.807) is 6.92 Å². The van der Waals surface area contributed by atoms with Gasteiger partial charge in [-0.05, 0) is 22.3 Å². The maximum Gasteiger partial charge on any atom is 0.431 e. The predicted molar refractivity (Wildman–Crippen MR) is 110 cm³/mol. The molecule has 0 bridgehead atoms. The predicted octanol–water partition coefficient (Wildman–Crippen LogP) is 3.49. The van der Waals surface area contributed by atoms with Crippen molar-refractivity contribution in [2.75, 3.05) is 19.8 Å². The van der Waals surface area contributed by atoms with Gasteiger partial charge < -0.3 is 9.53 Å². The first-order valence-corrected chi connectivity index (χ1v) is 11.1. The van der Waals surface area contributed by atoms with Gasteiger partial charge >= 0.3 is 6.09 Å². The molecule has 0 saturated carbocycles. The number of benzene rings is 2. The Kier molecular flexibility index (Phi) is 7.18. The van der Waals surface area contributed by atoms with Crippen LogP contribution in [0.15, 0.2) is 60.7 Å². The highest BCUT2D eigenvalue weighted by Crippen LogP contribution is 2.36. The Balaban J connectivity index is 2.34. The van der Waals surface area contributed by atoms with Crippen LogP contribution in [0.3, 0.4) is 0 Å². The molecule has 6 heteroatoms. The number of carbonyl (C=O) groups is 1. The van der Waals surface area contributed by atoms with Crippen molar-refractivity contribution in [2.24, 2.45) is 0 Å². The van der Waals surface area contributed by atoms with Gasteiger partial charge in [0.1, 0.15) is 0 Å². The number of carboxylic acid groups (broad SMARTS) is 1. The van der Waals surface area contributed by atoms with Gasteiger partial charge in [0.2, 0.25) is 0 Å². The molecule has 0 saturated heterocycles. The zero-order valence-corrected chi connectivity index (χ0v) is 17.5. The SMILES string of the molecule is CCN(OCCO[Si](c1ccccc1)(c1ccccc1)C(C)(C)C)C(=O)O. The molecule has 1 amide bonds. The van der Waals surface area contributed by atoms with E-state index in [-0.39, 0.29) is 18.2 Å². The monoisotopic (exact) mass is 387 g/mol. The number of hydrogen-bond donors (Lipinski definition) is 1. The topological polar surface area (TPSA) is 59.0 Å². The van der Waals surface area contributed by atoms with Crippen molar-refractivity contribution < 1.29 is 19.2 Å². The zero-order chi connectivity index (χ0) is 19.9. The van der Waals surface area contributed by atoms with E-state index in [2.05, 4.69) is 45.0 Å². The van der Waals surface area contributed by atoms with E-state index in [1.807, 2.05) is 36.4 Å². The van der Waals surface area contributed by atoms with Crippen LogP contribution in [-0.4, -0.2) is 44.3 Å². The summed E-state index contributed by atoms with van der Waals surface area (Å²) in [7, 11) is -2.60. The summed E-state index contributed by atoms with van der Waals surface area (Å²) >= 11 is 0. The van der Waals surface area contributed by atoms with E-state index >= 15 is 0 Å². The van der Waals surface area contributed by atoms with Gasteiger partial charge in [-0.1, -0.05) is 81.4 Å². The van der Waals surface area contributed by atoms with Crippen LogP contribution >= 0.6 is 0 Å². The molecule has 0 heterocycles. The van der Waals surface area contributed by atoms with Crippen LogP contribution in [0, 0.1) is 0 Å². The van der Waals surface area contributed by atoms with E-state index in [9.17, 15) is 4.79 Å². The lowest BCUT2D eigenvalue weighted by Crippen LogP contribution is -2.66. The first-order chi connectivity index (χ1) is 12.8. The van der Waals surface area contributed by atoms with Crippen LogP contribution in [0.1, 0.15) is 27.7 Å². The van der Waals surface area contributed by atoms with Crippen molar-refractivity contribution in [3.05, 3.63) is 60.7 Å². The quantitative estimate of drug-likeness (QED) is 0.428. The molecule has 0 aromatic heterocycles. The number of hydroxylamine groups is 2. The van der Waals surface area contributed by atoms with Crippen molar-refractivity contribution in [1.82, 2.24) is 5.06 Å². The number of rotatable bonds is 8. The smallest absolute Gasteiger partial charge is 0.431 e. The third kappa shape index (κ3) is 4.77. The molecular formula is C21H29NO4Si. The van der Waals surface area contributed by atoms with Crippen molar-refractivity contribution in [1.29, 1.82) is 0 Å². The average Bonchev–Trinajstić information content (AvgIpc) is 2.65. The molecule has 2 aromatic rings. The summed E-state index contributed by atoms with van der Waals surface area (Å²) in [5, 5.41) is 12.3. The summed E-state index contributed by atoms with van der Waals surface area (Å²) in [6, 6.07) is 20.7. The van der Waals surface area contributed by atoms with E-state index in [4.69, 9.17) is 14.4 Å². The second-order valence-electron chi connectivity index (χ2n) is 7.32. The highest BCUT2D eigenvalue weighted by molar-refractivity contribution is 6.99. The van der Waals surface area contributed by atoms with Gasteiger partial charge in [0.25, 0.3) is 8.32 Å². The highest BCUT2D eigenvalue weighted by atomic mass is 28.4. The number of hydrogen-bond acceptors (Lipinski definition) is 3. The van der Waals surface area contributed by atoms with Crippen molar-refractivity contribution in [3.63, 3.8) is 0 Å². The van der Waals surface area contributed by atoms with E-state index in [1.165, 1.54) is 10.4 Å². The van der Waals surface area contributed by atoms with Crippen LogP contribution in [0.25, 0.3) is 0 Å². The summed E-state index contributed by atoms with van der Waals surface area (Å²) in [4.78, 5) is 16.5. The number of nitrogens with zero attached hydrogens (tertiary/aromatic N) is 1. The van der Waals surface area contributed by atoms with Gasteiger partial charge in [-0.2, -0.15) is 5.06 Å². The van der Waals surface area contributed by atoms with Crippen LogP contribution < -0.4 is 10.4 Å². The Bertz CT molecular complexity index is 676. The van der Waals surface area contributed by atoms with Crippen molar-refractivity contribution in [3.8, 4) is 0 Å². The number of amides is 1. The fourth-order valence-electron chi connectivity index (χ4n) is 3.39. The summed E-state index contributed by atoms with van der Waals surface area (Å²) in [6.45, 7) is 9.12. The van der Waals surface area contributed by atoms with E-state index < -0.39 is 14.4 Å². The molecule has 0 unspecified atom stereocenters. The molecule has 146 valence electrons. The Morgan fingerprint density at radius 2 is 1.44 bits per heavy atom. The van der Waals surface area contributed by atoms with Gasteiger partial charge in [0, 0.05) is 6.54 Å². The van der Waals surface area contributed by atoms with Crippen molar-refractivity contribution in [2.45, 2.75) is 32.7 Å². The first kappa shape index (κ1) is 21.2. The fraction of sp³-hybridized carbons (Fsp3) is 0.381. The summed E-state index contributed by atoms with van der Waals surface area (Å²) in [5.74, 6) is 0. The largest absolute Gasteiger partial charge is 0.463 e. The molecule has 0 atom stereocenters. The lowest BCUT2D eigenvalue weighted by Gasteiger charge is -2.43. The van der Waals surface area contributed by atoms with Crippen LogP contribution in [0.5, 0.6) is 0 Å². The van der Waals surface area contributed by atoms with Gasteiger partial charge in [-0.15, -0.1) is 0 Å². The minimum atomic E-state index is -2.60. The zero-order valence-electron chi connectivity index (χ0n) is 16.5. The third-order valence-electron chi connectivity index (χ3n) is 4.57. The molecule has 0 fully saturated rings. The third-order valence-corrected chi connectivity index (χ3v) is 9.61. The fourth-order valence-corrected chi connectivity index (χ4v) is 7.93. The second kappa shape index (κ2) is 9.17. The Morgan fingerprint density at radius 1 is 0.963 bits per heavy atom. The summed E-state index contributed by atoms with van der Waals surface area (Å²) in [5.41, 5.74) is 0.